The van der Waals surface area contributed by atoms with Gasteiger partial charge in [0, 0.05) is 25.9 Å². The Kier molecular flexibility index (Phi) is 4.22. The lowest BCUT2D eigenvalue weighted by molar-refractivity contribution is 0.0521. The van der Waals surface area contributed by atoms with Gasteiger partial charge in [-0.2, -0.15) is 0 Å². The van der Waals surface area contributed by atoms with Crippen LogP contribution >= 0.6 is 0 Å². The average Bonchev–Trinajstić information content (AvgIpc) is 2.29. The molecule has 2 rings (SSSR count). The third-order valence-corrected chi connectivity index (χ3v) is 3.20. The average molecular weight is 199 g/mol. The van der Waals surface area contributed by atoms with Crippen molar-refractivity contribution in [2.24, 2.45) is 5.92 Å². The fourth-order valence-corrected chi connectivity index (χ4v) is 2.19. The van der Waals surface area contributed by atoms with Gasteiger partial charge in [0.15, 0.2) is 0 Å². The van der Waals surface area contributed by atoms with Gasteiger partial charge in [0.1, 0.15) is 0 Å². The van der Waals surface area contributed by atoms with E-state index in [0.717, 1.165) is 38.9 Å². The number of hydrogen-bond acceptors (Lipinski definition) is 3. The van der Waals surface area contributed by atoms with Crippen molar-refractivity contribution in [2.45, 2.75) is 31.7 Å². The molecule has 2 heterocycles. The van der Waals surface area contributed by atoms with Crippen molar-refractivity contribution in [3.8, 4) is 0 Å². The van der Waals surface area contributed by atoms with Gasteiger partial charge in [0.2, 0.25) is 0 Å². The molecule has 3 heteroatoms. The molecule has 14 heavy (non-hydrogen) atoms. The lowest BCUT2D eigenvalue weighted by atomic mass is 9.99. The summed E-state index contributed by atoms with van der Waals surface area (Å²) >= 11 is 0. The Balaban J connectivity index is 1.60. The highest BCUT2D eigenvalue weighted by Gasteiger charge is 2.17. The molecule has 0 aromatic rings. The maximum absolute atomic E-state index is 5.43. The minimum atomic E-state index is 0.603. The van der Waals surface area contributed by atoms with Crippen molar-refractivity contribution in [3.05, 3.63) is 0 Å². The largest absolute Gasteiger partial charge is 0.381 e. The molecule has 2 fully saturated rings. The molecule has 0 aromatic heterocycles. The Morgan fingerprint density at radius 3 is 2.57 bits per heavy atom. The predicted molar refractivity (Wildman–Crippen MR) is 55.4 cm³/mol. The number of nitrogens with one attached hydrogen (secondary N) is 1. The highest BCUT2D eigenvalue weighted by molar-refractivity contribution is 4.73. The molecule has 0 aromatic carbocycles. The normalized spacial score (nSPS) is 30.4. The van der Waals surface area contributed by atoms with E-state index >= 15 is 0 Å². The lowest BCUT2D eigenvalue weighted by Gasteiger charge is -2.27. The van der Waals surface area contributed by atoms with E-state index in [9.17, 15) is 0 Å². The van der Waals surface area contributed by atoms with Gasteiger partial charge < -0.3 is 14.8 Å². The molecular formula is C11H21NO2. The van der Waals surface area contributed by atoms with Gasteiger partial charge in [-0.1, -0.05) is 0 Å². The van der Waals surface area contributed by atoms with E-state index in [0.29, 0.717) is 6.04 Å². The summed E-state index contributed by atoms with van der Waals surface area (Å²) in [5.74, 6) is 0.825. The van der Waals surface area contributed by atoms with E-state index in [1.54, 1.807) is 0 Å². The van der Waals surface area contributed by atoms with Crippen LogP contribution in [0, 0.1) is 5.92 Å². The van der Waals surface area contributed by atoms with Gasteiger partial charge in [-0.15, -0.1) is 0 Å². The topological polar surface area (TPSA) is 30.5 Å². The molecule has 82 valence electrons. The summed E-state index contributed by atoms with van der Waals surface area (Å²) in [6.07, 6.45) is 4.94. The smallest absolute Gasteiger partial charge is 0.0619 e. The Morgan fingerprint density at radius 1 is 1.00 bits per heavy atom. The van der Waals surface area contributed by atoms with Gasteiger partial charge >= 0.3 is 0 Å². The quantitative estimate of drug-likeness (QED) is 0.740. The van der Waals surface area contributed by atoms with E-state index in [1.165, 1.54) is 25.7 Å². The second-order valence-corrected chi connectivity index (χ2v) is 4.38. The summed E-state index contributed by atoms with van der Waals surface area (Å²) in [6, 6.07) is 0.603. The minimum Gasteiger partial charge on any atom is -0.381 e. The fraction of sp³-hybridized carbons (Fsp3) is 1.00. The van der Waals surface area contributed by atoms with Crippen LogP contribution in [-0.4, -0.2) is 39.0 Å². The van der Waals surface area contributed by atoms with E-state index in [-0.39, 0.29) is 0 Å². The molecule has 0 saturated carbocycles. The van der Waals surface area contributed by atoms with E-state index in [2.05, 4.69) is 5.32 Å². The standard InChI is InChI=1S/C11H21NO2/c1-2-11(9-14-5-1)12-8-10-3-6-13-7-4-10/h10-12H,1-9H2. The molecule has 1 N–H and O–H groups in total. The van der Waals surface area contributed by atoms with Crippen molar-refractivity contribution >= 4 is 0 Å². The molecule has 0 bridgehead atoms. The monoisotopic (exact) mass is 199 g/mol. The second-order valence-electron chi connectivity index (χ2n) is 4.38. The summed E-state index contributed by atoms with van der Waals surface area (Å²) < 4.78 is 10.8. The van der Waals surface area contributed by atoms with Crippen molar-refractivity contribution in [2.75, 3.05) is 33.0 Å². The molecule has 0 spiro atoms. The zero-order valence-electron chi connectivity index (χ0n) is 8.84. The lowest BCUT2D eigenvalue weighted by Crippen LogP contribution is -2.40. The minimum absolute atomic E-state index is 0.603. The predicted octanol–water partition coefficient (Wildman–Crippen LogP) is 1.18. The zero-order chi connectivity index (χ0) is 9.64. The van der Waals surface area contributed by atoms with Crippen molar-refractivity contribution < 1.29 is 9.47 Å². The van der Waals surface area contributed by atoms with Gasteiger partial charge in [-0.25, -0.2) is 0 Å². The first-order valence-corrected chi connectivity index (χ1v) is 5.84. The highest BCUT2D eigenvalue weighted by atomic mass is 16.5. The van der Waals surface area contributed by atoms with E-state index in [4.69, 9.17) is 9.47 Å². The molecule has 1 atom stereocenters. The van der Waals surface area contributed by atoms with Crippen LogP contribution in [0.2, 0.25) is 0 Å². The van der Waals surface area contributed by atoms with Gasteiger partial charge in [-0.05, 0) is 38.1 Å². The summed E-state index contributed by atoms with van der Waals surface area (Å²) in [6.45, 7) is 4.91. The maximum atomic E-state index is 5.43. The number of hydrogen-bond donors (Lipinski definition) is 1. The Morgan fingerprint density at radius 2 is 1.86 bits per heavy atom. The first-order chi connectivity index (χ1) is 6.95. The van der Waals surface area contributed by atoms with Crippen LogP contribution in [-0.2, 0) is 9.47 Å². The van der Waals surface area contributed by atoms with Crippen LogP contribution in [0.25, 0.3) is 0 Å². The molecule has 0 amide bonds. The summed E-state index contributed by atoms with van der Waals surface area (Å²) in [7, 11) is 0. The van der Waals surface area contributed by atoms with Crippen molar-refractivity contribution in [1.82, 2.24) is 5.32 Å². The van der Waals surface area contributed by atoms with Gasteiger partial charge in [-0.3, -0.25) is 0 Å². The van der Waals surface area contributed by atoms with Crippen LogP contribution in [0.15, 0.2) is 0 Å². The summed E-state index contributed by atoms with van der Waals surface area (Å²) in [4.78, 5) is 0. The second kappa shape index (κ2) is 5.69. The van der Waals surface area contributed by atoms with Crippen LogP contribution in [0.4, 0.5) is 0 Å². The Labute approximate surface area is 86.2 Å². The maximum Gasteiger partial charge on any atom is 0.0619 e. The van der Waals surface area contributed by atoms with Crippen LogP contribution in [0.3, 0.4) is 0 Å². The molecule has 0 radical (unpaired) electrons. The third-order valence-electron chi connectivity index (χ3n) is 3.20. The van der Waals surface area contributed by atoms with Crippen molar-refractivity contribution in [3.63, 3.8) is 0 Å². The summed E-state index contributed by atoms with van der Waals surface area (Å²) in [5.41, 5.74) is 0. The van der Waals surface area contributed by atoms with Gasteiger partial charge in [0.25, 0.3) is 0 Å². The van der Waals surface area contributed by atoms with Crippen LogP contribution in [0.5, 0.6) is 0 Å². The number of ether oxygens (including phenoxy) is 2. The Hall–Kier alpha value is -0.120. The number of rotatable bonds is 3. The van der Waals surface area contributed by atoms with Gasteiger partial charge in [0.05, 0.1) is 6.61 Å². The molecule has 2 aliphatic rings. The first kappa shape index (κ1) is 10.4. The molecule has 2 aliphatic heterocycles. The molecule has 3 nitrogen and oxygen atoms in total. The molecule has 1 unspecified atom stereocenters. The SMILES string of the molecule is C1COCC(NCC2CCOCC2)C1. The first-order valence-electron chi connectivity index (χ1n) is 5.84. The third kappa shape index (κ3) is 3.23. The molecule has 2 saturated heterocycles. The molecular weight excluding hydrogens is 178 g/mol. The van der Waals surface area contributed by atoms with E-state index in [1.807, 2.05) is 0 Å². The zero-order valence-corrected chi connectivity index (χ0v) is 8.84. The summed E-state index contributed by atoms with van der Waals surface area (Å²) in [5, 5.41) is 3.61. The highest BCUT2D eigenvalue weighted by Crippen LogP contribution is 2.14. The van der Waals surface area contributed by atoms with Crippen molar-refractivity contribution in [1.29, 1.82) is 0 Å². The Bertz CT molecular complexity index is 133. The van der Waals surface area contributed by atoms with Crippen LogP contribution in [0.1, 0.15) is 25.7 Å². The van der Waals surface area contributed by atoms with E-state index < -0.39 is 0 Å². The van der Waals surface area contributed by atoms with Crippen LogP contribution < -0.4 is 5.32 Å². The fourth-order valence-electron chi connectivity index (χ4n) is 2.19. The molecule has 0 aliphatic carbocycles.